The highest BCUT2D eigenvalue weighted by molar-refractivity contribution is 5.88. The van der Waals surface area contributed by atoms with E-state index in [0.717, 1.165) is 38.2 Å². The van der Waals surface area contributed by atoms with E-state index < -0.39 is 5.91 Å². The second-order valence-electron chi connectivity index (χ2n) is 6.25. The Hall–Kier alpha value is -2.66. The molecule has 0 saturated carbocycles. The van der Waals surface area contributed by atoms with E-state index in [-0.39, 0.29) is 11.9 Å². The molecule has 1 atom stereocenters. The van der Waals surface area contributed by atoms with Crippen molar-refractivity contribution in [1.29, 1.82) is 5.26 Å². The maximum atomic E-state index is 11.1. The van der Waals surface area contributed by atoms with Crippen molar-refractivity contribution in [3.8, 4) is 6.07 Å². The van der Waals surface area contributed by atoms with Crippen LogP contribution >= 0.6 is 0 Å². The van der Waals surface area contributed by atoms with Crippen LogP contribution in [-0.2, 0) is 13.6 Å². The summed E-state index contributed by atoms with van der Waals surface area (Å²) >= 11 is 0. The number of carbonyl (C=O) groups is 1. The van der Waals surface area contributed by atoms with Crippen LogP contribution in [0.2, 0.25) is 0 Å². The molecule has 24 heavy (non-hydrogen) atoms. The number of nitriles is 1. The highest BCUT2D eigenvalue weighted by Gasteiger charge is 2.24. The van der Waals surface area contributed by atoms with Crippen molar-refractivity contribution in [1.82, 2.24) is 24.2 Å². The van der Waals surface area contributed by atoms with Gasteiger partial charge in [0, 0.05) is 25.8 Å². The Morgan fingerprint density at radius 3 is 2.96 bits per heavy atom. The minimum Gasteiger partial charge on any atom is -0.363 e. The fourth-order valence-electron chi connectivity index (χ4n) is 3.22. The van der Waals surface area contributed by atoms with E-state index >= 15 is 0 Å². The highest BCUT2D eigenvalue weighted by Crippen LogP contribution is 2.24. The topological polar surface area (TPSA) is 106 Å². The quantitative estimate of drug-likeness (QED) is 0.891. The predicted molar refractivity (Wildman–Crippen MR) is 87.0 cm³/mol. The number of hydrogen-bond acceptors (Lipinski definition) is 5. The normalized spacial score (nSPS) is 18.5. The average Bonchev–Trinajstić information content (AvgIpc) is 3.16. The largest absolute Gasteiger partial charge is 0.363 e. The molecule has 3 rings (SSSR count). The second-order valence-corrected chi connectivity index (χ2v) is 6.25. The third-order valence-electron chi connectivity index (χ3n) is 4.73. The Balaban J connectivity index is 1.72. The first-order valence-corrected chi connectivity index (χ1v) is 7.98. The van der Waals surface area contributed by atoms with Gasteiger partial charge in [0.15, 0.2) is 0 Å². The van der Waals surface area contributed by atoms with Gasteiger partial charge in [0.1, 0.15) is 18.1 Å². The minimum atomic E-state index is -0.606. The molecule has 2 aromatic rings. The first-order chi connectivity index (χ1) is 11.5. The summed E-state index contributed by atoms with van der Waals surface area (Å²) < 4.78 is 3.66. The smallest absolute Gasteiger partial charge is 0.288 e. The van der Waals surface area contributed by atoms with E-state index in [0.29, 0.717) is 5.69 Å². The molecule has 0 spiro atoms. The summed E-state index contributed by atoms with van der Waals surface area (Å²) in [6, 6.07) is 4.36. The lowest BCUT2D eigenvalue weighted by Crippen LogP contribution is -2.36. The van der Waals surface area contributed by atoms with Gasteiger partial charge in [-0.05, 0) is 37.9 Å². The van der Waals surface area contributed by atoms with Crippen molar-refractivity contribution < 1.29 is 4.79 Å². The van der Waals surface area contributed by atoms with Gasteiger partial charge in [0.25, 0.3) is 5.91 Å². The summed E-state index contributed by atoms with van der Waals surface area (Å²) in [6.45, 7) is 4.67. The van der Waals surface area contributed by atoms with Crippen LogP contribution in [0.3, 0.4) is 0 Å². The van der Waals surface area contributed by atoms with E-state index in [4.69, 9.17) is 11.0 Å². The molecule has 2 aromatic heterocycles. The SMILES string of the molecule is Cc1c(CN2CCCC(n3cnc(C(N)=O)n3)C2)cc(C#N)n1C. The van der Waals surface area contributed by atoms with E-state index in [1.165, 1.54) is 5.56 Å². The van der Waals surface area contributed by atoms with Crippen molar-refractivity contribution in [2.75, 3.05) is 13.1 Å². The molecule has 1 amide bonds. The Bertz CT molecular complexity index is 798. The zero-order valence-corrected chi connectivity index (χ0v) is 13.9. The Morgan fingerprint density at radius 2 is 2.33 bits per heavy atom. The second kappa shape index (κ2) is 6.45. The standard InChI is InChI=1S/C16H21N7O/c1-11-12(6-14(7-17)21(11)2)8-22-5-3-4-13(9-22)23-10-19-16(20-23)15(18)24/h6,10,13H,3-5,8-9H2,1-2H3,(H2,18,24). The molecule has 126 valence electrons. The average molecular weight is 327 g/mol. The Labute approximate surface area is 140 Å². The number of primary amides is 1. The molecule has 8 heteroatoms. The number of hydrogen-bond donors (Lipinski definition) is 1. The summed E-state index contributed by atoms with van der Waals surface area (Å²) in [5.41, 5.74) is 8.18. The first kappa shape index (κ1) is 16.2. The fourth-order valence-corrected chi connectivity index (χ4v) is 3.22. The zero-order chi connectivity index (χ0) is 17.3. The lowest BCUT2D eigenvalue weighted by atomic mass is 10.1. The summed E-state index contributed by atoms with van der Waals surface area (Å²) in [5.74, 6) is -0.546. The van der Waals surface area contributed by atoms with Gasteiger partial charge in [-0.3, -0.25) is 9.69 Å². The summed E-state index contributed by atoms with van der Waals surface area (Å²) in [6.07, 6.45) is 3.62. The minimum absolute atomic E-state index is 0.0599. The first-order valence-electron chi connectivity index (χ1n) is 7.98. The molecule has 1 saturated heterocycles. The van der Waals surface area contributed by atoms with Gasteiger partial charge >= 0.3 is 0 Å². The lowest BCUT2D eigenvalue weighted by molar-refractivity contribution is 0.0989. The highest BCUT2D eigenvalue weighted by atomic mass is 16.1. The fraction of sp³-hybridized carbons (Fsp3) is 0.500. The van der Waals surface area contributed by atoms with Crippen molar-refractivity contribution in [3.05, 3.63) is 35.2 Å². The third kappa shape index (κ3) is 3.03. The molecule has 0 radical (unpaired) electrons. The molecule has 0 bridgehead atoms. The zero-order valence-electron chi connectivity index (χ0n) is 13.9. The molecule has 1 unspecified atom stereocenters. The predicted octanol–water partition coefficient (Wildman–Crippen LogP) is 0.733. The lowest BCUT2D eigenvalue weighted by Gasteiger charge is -2.32. The van der Waals surface area contributed by atoms with Crippen molar-refractivity contribution in [3.63, 3.8) is 0 Å². The summed E-state index contributed by atoms with van der Waals surface area (Å²) in [7, 11) is 1.91. The van der Waals surface area contributed by atoms with Gasteiger partial charge in [0.2, 0.25) is 5.82 Å². The number of aromatic nitrogens is 4. The maximum absolute atomic E-state index is 11.1. The molecule has 3 heterocycles. The van der Waals surface area contributed by atoms with Crippen LogP contribution in [0.15, 0.2) is 12.4 Å². The number of piperidine rings is 1. The number of amides is 1. The van der Waals surface area contributed by atoms with Crippen LogP contribution in [0.25, 0.3) is 0 Å². The monoisotopic (exact) mass is 327 g/mol. The van der Waals surface area contributed by atoms with E-state index in [1.54, 1.807) is 11.0 Å². The molecule has 1 aliphatic rings. The molecule has 0 aromatic carbocycles. The molecule has 0 aliphatic carbocycles. The van der Waals surface area contributed by atoms with Gasteiger partial charge in [-0.1, -0.05) is 0 Å². The van der Waals surface area contributed by atoms with Crippen molar-refractivity contribution in [2.24, 2.45) is 12.8 Å². The Kier molecular flexibility index (Phi) is 4.36. The van der Waals surface area contributed by atoms with E-state index in [2.05, 4.69) is 21.1 Å². The number of carbonyl (C=O) groups excluding carboxylic acids is 1. The third-order valence-corrected chi connectivity index (χ3v) is 4.73. The van der Waals surface area contributed by atoms with Gasteiger partial charge < -0.3 is 10.3 Å². The van der Waals surface area contributed by atoms with E-state index in [1.807, 2.05) is 24.6 Å². The number of likely N-dealkylation sites (tertiary alicyclic amines) is 1. The van der Waals surface area contributed by atoms with Crippen LogP contribution in [0.5, 0.6) is 0 Å². The Morgan fingerprint density at radius 1 is 1.54 bits per heavy atom. The molecular weight excluding hydrogens is 306 g/mol. The van der Waals surface area contributed by atoms with Crippen molar-refractivity contribution >= 4 is 5.91 Å². The molecular formula is C16H21N7O. The van der Waals surface area contributed by atoms with Crippen LogP contribution in [-0.4, -0.2) is 43.2 Å². The van der Waals surface area contributed by atoms with Crippen LogP contribution < -0.4 is 5.73 Å². The van der Waals surface area contributed by atoms with E-state index in [9.17, 15) is 4.79 Å². The number of nitrogens with zero attached hydrogens (tertiary/aromatic N) is 6. The molecule has 1 aliphatic heterocycles. The molecule has 8 nitrogen and oxygen atoms in total. The van der Waals surface area contributed by atoms with Crippen molar-refractivity contribution in [2.45, 2.75) is 32.4 Å². The molecule has 2 N–H and O–H groups in total. The van der Waals surface area contributed by atoms with Crippen LogP contribution in [0.4, 0.5) is 0 Å². The maximum Gasteiger partial charge on any atom is 0.288 e. The van der Waals surface area contributed by atoms with Crippen LogP contribution in [0.1, 0.15) is 46.5 Å². The summed E-state index contributed by atoms with van der Waals surface area (Å²) in [5, 5.41) is 13.3. The number of rotatable bonds is 4. The number of nitrogens with two attached hydrogens (primary N) is 1. The molecule has 1 fully saturated rings. The van der Waals surface area contributed by atoms with Gasteiger partial charge in [0.05, 0.1) is 6.04 Å². The van der Waals surface area contributed by atoms with Gasteiger partial charge in [-0.15, -0.1) is 5.10 Å². The summed E-state index contributed by atoms with van der Waals surface area (Å²) in [4.78, 5) is 17.5. The van der Waals surface area contributed by atoms with Gasteiger partial charge in [-0.2, -0.15) is 5.26 Å². The van der Waals surface area contributed by atoms with Crippen LogP contribution in [0, 0.1) is 18.3 Å². The van der Waals surface area contributed by atoms with Gasteiger partial charge in [-0.25, -0.2) is 9.67 Å².